The number of rotatable bonds is 2. The summed E-state index contributed by atoms with van der Waals surface area (Å²) in [7, 11) is 0. The molecule has 1 fully saturated rings. The summed E-state index contributed by atoms with van der Waals surface area (Å²) in [5.41, 5.74) is 1.96. The molecule has 2 atom stereocenters. The van der Waals surface area contributed by atoms with Crippen LogP contribution in [0.1, 0.15) is 84.8 Å². The second-order valence-corrected chi connectivity index (χ2v) is 9.24. The van der Waals surface area contributed by atoms with Gasteiger partial charge in [-0.15, -0.1) is 0 Å². The van der Waals surface area contributed by atoms with Crippen LogP contribution in [0.25, 0.3) is 0 Å². The Morgan fingerprint density at radius 3 is 2.61 bits per heavy atom. The first-order valence-corrected chi connectivity index (χ1v) is 12.5. The molecule has 1 aliphatic carbocycles. The van der Waals surface area contributed by atoms with Gasteiger partial charge in [-0.3, -0.25) is 14.7 Å². The van der Waals surface area contributed by atoms with Crippen molar-refractivity contribution < 1.29 is 14.3 Å². The minimum absolute atomic E-state index is 0.0254. The van der Waals surface area contributed by atoms with E-state index in [-0.39, 0.29) is 24.0 Å². The Kier molecular flexibility index (Phi) is 7.68. The summed E-state index contributed by atoms with van der Waals surface area (Å²) in [6.07, 6.45) is 7.72. The zero-order valence-electron chi connectivity index (χ0n) is 19.9. The van der Waals surface area contributed by atoms with E-state index < -0.39 is 0 Å². The van der Waals surface area contributed by atoms with Gasteiger partial charge in [-0.05, 0) is 64.2 Å². The Balaban J connectivity index is 1.67. The third kappa shape index (κ3) is 5.40. The third-order valence-corrected chi connectivity index (χ3v) is 6.90. The van der Waals surface area contributed by atoms with Crippen LogP contribution in [-0.2, 0) is 0 Å². The molecule has 4 rings (SSSR count). The van der Waals surface area contributed by atoms with Crippen LogP contribution < -0.4 is 4.74 Å². The summed E-state index contributed by atoms with van der Waals surface area (Å²) in [5.74, 6) is 0.615. The first-order valence-electron chi connectivity index (χ1n) is 12.5. The highest BCUT2D eigenvalue weighted by molar-refractivity contribution is 5.97. The van der Waals surface area contributed by atoms with E-state index in [2.05, 4.69) is 10.2 Å². The topological polar surface area (TPSA) is 78.5 Å². The first kappa shape index (κ1) is 23.3. The van der Waals surface area contributed by atoms with E-state index >= 15 is 0 Å². The van der Waals surface area contributed by atoms with Gasteiger partial charge in [-0.1, -0.05) is 31.4 Å². The number of H-pyrrole nitrogens is 1. The molecule has 1 aromatic carbocycles. The monoisotopic (exact) mass is 452 g/mol. The predicted molar refractivity (Wildman–Crippen MR) is 128 cm³/mol. The third-order valence-electron chi connectivity index (χ3n) is 6.90. The van der Waals surface area contributed by atoms with Crippen LogP contribution in [0.2, 0.25) is 0 Å². The number of amides is 2. The largest absolute Gasteiger partial charge is 0.487 e. The number of aryl methyl sites for hydroxylation is 1. The fourth-order valence-electron chi connectivity index (χ4n) is 5.09. The molecule has 7 nitrogen and oxygen atoms in total. The zero-order chi connectivity index (χ0) is 23.2. The second kappa shape index (κ2) is 10.9. The number of nitrogens with zero attached hydrogens (tertiary/aromatic N) is 3. The van der Waals surface area contributed by atoms with Gasteiger partial charge >= 0.3 is 0 Å². The molecule has 178 valence electrons. The van der Waals surface area contributed by atoms with Crippen LogP contribution in [0.3, 0.4) is 0 Å². The molecular formula is C26H36N4O3. The molecular weight excluding hydrogens is 416 g/mol. The highest BCUT2D eigenvalue weighted by Crippen LogP contribution is 2.31. The molecule has 1 N–H and O–H groups in total. The van der Waals surface area contributed by atoms with Gasteiger partial charge in [0.25, 0.3) is 11.8 Å². The SMILES string of the molecule is CCN1CCCCCCN(C(=O)c2cc(C)[nH]n2)[C@@H]2CCCC[C@@H]2Oc2ccccc2C1=O. The van der Waals surface area contributed by atoms with E-state index in [1.807, 2.05) is 54.0 Å². The summed E-state index contributed by atoms with van der Waals surface area (Å²) in [5, 5.41) is 7.14. The van der Waals surface area contributed by atoms with Crippen molar-refractivity contribution in [2.24, 2.45) is 0 Å². The maximum Gasteiger partial charge on any atom is 0.274 e. The number of hydrogen-bond acceptors (Lipinski definition) is 4. The average molecular weight is 453 g/mol. The number of aromatic nitrogens is 2. The van der Waals surface area contributed by atoms with Gasteiger partial charge in [-0.2, -0.15) is 5.10 Å². The summed E-state index contributed by atoms with van der Waals surface area (Å²) >= 11 is 0. The Morgan fingerprint density at radius 1 is 1.09 bits per heavy atom. The first-order chi connectivity index (χ1) is 16.1. The van der Waals surface area contributed by atoms with E-state index in [0.29, 0.717) is 30.1 Å². The van der Waals surface area contributed by atoms with E-state index in [0.717, 1.165) is 63.6 Å². The summed E-state index contributed by atoms with van der Waals surface area (Å²) in [6.45, 7) is 6.07. The molecule has 7 heteroatoms. The van der Waals surface area contributed by atoms with Crippen LogP contribution >= 0.6 is 0 Å². The number of aromatic amines is 1. The van der Waals surface area contributed by atoms with Crippen molar-refractivity contribution in [1.29, 1.82) is 0 Å². The summed E-state index contributed by atoms with van der Waals surface area (Å²) in [4.78, 5) is 30.8. The zero-order valence-corrected chi connectivity index (χ0v) is 19.9. The van der Waals surface area contributed by atoms with E-state index in [1.54, 1.807) is 0 Å². The van der Waals surface area contributed by atoms with Crippen molar-refractivity contribution >= 4 is 11.8 Å². The molecule has 2 amide bonds. The van der Waals surface area contributed by atoms with Gasteiger partial charge in [0.15, 0.2) is 0 Å². The molecule has 33 heavy (non-hydrogen) atoms. The maximum atomic E-state index is 13.5. The van der Waals surface area contributed by atoms with Crippen LogP contribution in [0.15, 0.2) is 30.3 Å². The van der Waals surface area contributed by atoms with E-state index in [9.17, 15) is 9.59 Å². The molecule has 1 aliphatic heterocycles. The minimum Gasteiger partial charge on any atom is -0.487 e. The van der Waals surface area contributed by atoms with Gasteiger partial charge in [0.05, 0.1) is 11.6 Å². The van der Waals surface area contributed by atoms with E-state index in [4.69, 9.17) is 4.74 Å². The van der Waals surface area contributed by atoms with Gasteiger partial charge in [0, 0.05) is 25.3 Å². The summed E-state index contributed by atoms with van der Waals surface area (Å²) in [6, 6.07) is 9.35. The fourth-order valence-corrected chi connectivity index (χ4v) is 5.09. The number of hydrogen-bond donors (Lipinski definition) is 1. The fraction of sp³-hybridized carbons (Fsp3) is 0.577. The standard InChI is InChI=1S/C26H36N4O3/c1-3-29-16-10-4-5-11-17-30(26(32)21-18-19(2)27-28-21)22-13-7-9-15-24(22)33-23-14-8-6-12-20(23)25(29)31/h6,8,12,14,18,22,24H,3-5,7,9-11,13,15-17H2,1-2H3,(H,27,28)/t22-,24+/m1/s1. The number of benzene rings is 1. The predicted octanol–water partition coefficient (Wildman–Crippen LogP) is 4.59. The van der Waals surface area contributed by atoms with Crippen molar-refractivity contribution in [3.63, 3.8) is 0 Å². The average Bonchev–Trinajstić information content (AvgIpc) is 3.27. The number of carbonyl (C=O) groups excluding carboxylic acids is 2. The minimum atomic E-state index is -0.144. The quantitative estimate of drug-likeness (QED) is 0.723. The highest BCUT2D eigenvalue weighted by Gasteiger charge is 2.36. The Bertz CT molecular complexity index is 957. The molecule has 0 bridgehead atoms. The molecule has 0 unspecified atom stereocenters. The lowest BCUT2D eigenvalue weighted by Crippen LogP contribution is -2.51. The van der Waals surface area contributed by atoms with Gasteiger partial charge < -0.3 is 14.5 Å². The summed E-state index contributed by atoms with van der Waals surface area (Å²) < 4.78 is 6.56. The normalized spacial score (nSPS) is 22.7. The van der Waals surface area contributed by atoms with Crippen molar-refractivity contribution in [3.05, 3.63) is 47.3 Å². The highest BCUT2D eigenvalue weighted by atomic mass is 16.5. The number of fused-ring (bicyclic) bond motifs is 2. The lowest BCUT2D eigenvalue weighted by atomic mass is 9.90. The van der Waals surface area contributed by atoms with Gasteiger partial charge in [0.1, 0.15) is 17.5 Å². The van der Waals surface area contributed by atoms with Crippen molar-refractivity contribution in [2.45, 2.75) is 77.4 Å². The van der Waals surface area contributed by atoms with Gasteiger partial charge in [0.2, 0.25) is 0 Å². The Labute approximate surface area is 196 Å². The van der Waals surface area contributed by atoms with Crippen molar-refractivity contribution in [3.8, 4) is 5.75 Å². The van der Waals surface area contributed by atoms with Crippen LogP contribution in [0.5, 0.6) is 5.75 Å². The lowest BCUT2D eigenvalue weighted by Gasteiger charge is -2.40. The van der Waals surface area contributed by atoms with Gasteiger partial charge in [-0.25, -0.2) is 0 Å². The lowest BCUT2D eigenvalue weighted by molar-refractivity contribution is 0.0263. The second-order valence-electron chi connectivity index (χ2n) is 9.24. The molecule has 1 saturated carbocycles. The molecule has 1 aromatic heterocycles. The van der Waals surface area contributed by atoms with Crippen molar-refractivity contribution in [2.75, 3.05) is 19.6 Å². The van der Waals surface area contributed by atoms with Crippen molar-refractivity contribution in [1.82, 2.24) is 20.0 Å². The van der Waals surface area contributed by atoms with Crippen LogP contribution in [-0.4, -0.2) is 63.6 Å². The molecule has 0 radical (unpaired) electrons. The maximum absolute atomic E-state index is 13.5. The Hall–Kier alpha value is -2.83. The number of ether oxygens (including phenoxy) is 1. The molecule has 0 saturated heterocycles. The number of para-hydroxylation sites is 1. The molecule has 2 aromatic rings. The molecule has 0 spiro atoms. The molecule has 2 heterocycles. The molecule has 2 aliphatic rings. The number of nitrogens with one attached hydrogen (secondary N) is 1. The van der Waals surface area contributed by atoms with Crippen LogP contribution in [0.4, 0.5) is 0 Å². The van der Waals surface area contributed by atoms with Crippen LogP contribution in [0, 0.1) is 6.92 Å². The smallest absolute Gasteiger partial charge is 0.274 e. The Morgan fingerprint density at radius 2 is 1.85 bits per heavy atom. The number of carbonyl (C=O) groups is 2. The van der Waals surface area contributed by atoms with E-state index in [1.165, 1.54) is 0 Å².